The van der Waals surface area contributed by atoms with Gasteiger partial charge in [0.1, 0.15) is 5.75 Å². The minimum atomic E-state index is -0.0191. The van der Waals surface area contributed by atoms with Crippen LogP contribution in [0.5, 0.6) is 5.75 Å². The van der Waals surface area contributed by atoms with Gasteiger partial charge in [-0.3, -0.25) is 4.79 Å². The van der Waals surface area contributed by atoms with Crippen molar-refractivity contribution in [3.8, 4) is 5.75 Å². The Morgan fingerprint density at radius 2 is 2.21 bits per heavy atom. The second-order valence-electron chi connectivity index (χ2n) is 4.78. The van der Waals surface area contributed by atoms with Crippen LogP contribution >= 0.6 is 11.6 Å². The molecule has 1 aliphatic rings. The molecule has 0 heterocycles. The number of benzene rings is 1. The van der Waals surface area contributed by atoms with Gasteiger partial charge in [-0.1, -0.05) is 23.7 Å². The van der Waals surface area contributed by atoms with E-state index in [9.17, 15) is 4.79 Å². The number of rotatable bonds is 7. The summed E-state index contributed by atoms with van der Waals surface area (Å²) in [6.45, 7) is 0.819. The number of carbonyl (C=O) groups is 1. The van der Waals surface area contributed by atoms with E-state index in [0.29, 0.717) is 36.3 Å². The van der Waals surface area contributed by atoms with E-state index in [2.05, 4.69) is 5.32 Å². The van der Waals surface area contributed by atoms with E-state index in [0.717, 1.165) is 12.8 Å². The number of amides is 1. The molecule has 1 aromatic rings. The van der Waals surface area contributed by atoms with E-state index in [-0.39, 0.29) is 11.9 Å². The normalized spacial score (nSPS) is 15.9. The molecule has 0 bridgehead atoms. The first-order valence-corrected chi connectivity index (χ1v) is 6.95. The van der Waals surface area contributed by atoms with Gasteiger partial charge in [-0.25, -0.2) is 0 Å². The first kappa shape index (κ1) is 14.2. The van der Waals surface area contributed by atoms with Crippen LogP contribution in [0.4, 0.5) is 0 Å². The Morgan fingerprint density at radius 1 is 1.47 bits per heavy atom. The Bertz CT molecular complexity index is 435. The minimum Gasteiger partial charge on any atom is -0.491 e. The monoisotopic (exact) mass is 282 g/mol. The third-order valence-corrected chi connectivity index (χ3v) is 3.53. The van der Waals surface area contributed by atoms with Gasteiger partial charge in [0.25, 0.3) is 0 Å². The molecular formula is C14H19ClN2O2. The van der Waals surface area contributed by atoms with Gasteiger partial charge < -0.3 is 15.8 Å². The van der Waals surface area contributed by atoms with Crippen LogP contribution < -0.4 is 15.8 Å². The van der Waals surface area contributed by atoms with Gasteiger partial charge in [0.2, 0.25) is 5.91 Å². The molecule has 1 aromatic carbocycles. The van der Waals surface area contributed by atoms with Gasteiger partial charge in [0.05, 0.1) is 18.1 Å². The number of ether oxygens (including phenoxy) is 1. The maximum absolute atomic E-state index is 11.7. The molecule has 104 valence electrons. The fourth-order valence-corrected chi connectivity index (χ4v) is 2.15. The van der Waals surface area contributed by atoms with Crippen molar-refractivity contribution in [2.45, 2.75) is 25.3 Å². The molecule has 1 unspecified atom stereocenters. The molecule has 0 spiro atoms. The third-order valence-electron chi connectivity index (χ3n) is 3.21. The largest absolute Gasteiger partial charge is 0.491 e. The van der Waals surface area contributed by atoms with Crippen LogP contribution in [-0.4, -0.2) is 25.1 Å². The van der Waals surface area contributed by atoms with Crippen molar-refractivity contribution in [1.82, 2.24) is 5.32 Å². The average molecular weight is 283 g/mol. The summed E-state index contributed by atoms with van der Waals surface area (Å²) in [4.78, 5) is 11.7. The minimum absolute atomic E-state index is 0.0191. The highest BCUT2D eigenvalue weighted by molar-refractivity contribution is 6.32. The molecule has 0 aliphatic heterocycles. The van der Waals surface area contributed by atoms with E-state index in [1.807, 2.05) is 12.1 Å². The first-order valence-electron chi connectivity index (χ1n) is 6.57. The molecular weight excluding hydrogens is 264 g/mol. The second-order valence-corrected chi connectivity index (χ2v) is 5.18. The Labute approximate surface area is 118 Å². The molecule has 1 saturated carbocycles. The summed E-state index contributed by atoms with van der Waals surface area (Å²) in [5.41, 5.74) is 5.64. The van der Waals surface area contributed by atoms with E-state index < -0.39 is 0 Å². The summed E-state index contributed by atoms with van der Waals surface area (Å²) in [7, 11) is 0. The predicted octanol–water partition coefficient (Wildman–Crippen LogP) is 1.96. The highest BCUT2D eigenvalue weighted by Gasteiger charge is 2.31. The molecule has 1 atom stereocenters. The van der Waals surface area contributed by atoms with Crippen molar-refractivity contribution in [2.75, 3.05) is 13.2 Å². The zero-order valence-corrected chi connectivity index (χ0v) is 11.5. The van der Waals surface area contributed by atoms with Crippen molar-refractivity contribution in [2.24, 2.45) is 11.7 Å². The first-order chi connectivity index (χ1) is 9.20. The smallest absolute Gasteiger partial charge is 0.223 e. The van der Waals surface area contributed by atoms with Crippen LogP contribution in [0.25, 0.3) is 0 Å². The maximum Gasteiger partial charge on any atom is 0.223 e. The SMILES string of the molecule is NCC(NC(=O)CCOc1ccccc1Cl)C1CC1. The zero-order chi connectivity index (χ0) is 13.7. The quantitative estimate of drug-likeness (QED) is 0.803. The van der Waals surface area contributed by atoms with Gasteiger partial charge >= 0.3 is 0 Å². The lowest BCUT2D eigenvalue weighted by molar-refractivity contribution is -0.122. The second kappa shape index (κ2) is 6.78. The third kappa shape index (κ3) is 4.40. The van der Waals surface area contributed by atoms with E-state index in [4.69, 9.17) is 22.1 Å². The number of hydrogen-bond acceptors (Lipinski definition) is 3. The van der Waals surface area contributed by atoms with Crippen molar-refractivity contribution in [3.63, 3.8) is 0 Å². The summed E-state index contributed by atoms with van der Waals surface area (Å²) in [6, 6.07) is 7.34. The standard InChI is InChI=1S/C14H19ClN2O2/c15-11-3-1-2-4-13(11)19-8-7-14(18)17-12(9-16)10-5-6-10/h1-4,10,12H,5-9,16H2,(H,17,18). The molecule has 4 nitrogen and oxygen atoms in total. The van der Waals surface area contributed by atoms with Crippen LogP contribution in [0.2, 0.25) is 5.02 Å². The Morgan fingerprint density at radius 3 is 2.84 bits per heavy atom. The highest BCUT2D eigenvalue weighted by Crippen LogP contribution is 2.32. The van der Waals surface area contributed by atoms with Crippen molar-refractivity contribution >= 4 is 17.5 Å². The summed E-state index contributed by atoms with van der Waals surface area (Å²) < 4.78 is 5.47. The number of nitrogens with two attached hydrogens (primary N) is 1. The molecule has 0 radical (unpaired) electrons. The summed E-state index contributed by atoms with van der Waals surface area (Å²) in [6.07, 6.45) is 2.64. The lowest BCUT2D eigenvalue weighted by atomic mass is 10.2. The van der Waals surface area contributed by atoms with Crippen molar-refractivity contribution < 1.29 is 9.53 Å². The molecule has 0 aromatic heterocycles. The Balaban J connectivity index is 1.70. The number of halogens is 1. The predicted molar refractivity (Wildman–Crippen MR) is 75.3 cm³/mol. The summed E-state index contributed by atoms with van der Waals surface area (Å²) in [5.74, 6) is 1.15. The van der Waals surface area contributed by atoms with Crippen LogP contribution in [-0.2, 0) is 4.79 Å². The van der Waals surface area contributed by atoms with E-state index in [1.165, 1.54) is 0 Å². The Hall–Kier alpha value is -1.26. The van der Waals surface area contributed by atoms with E-state index in [1.54, 1.807) is 12.1 Å². The molecule has 2 rings (SSSR count). The lowest BCUT2D eigenvalue weighted by Gasteiger charge is -2.16. The van der Waals surface area contributed by atoms with Crippen LogP contribution in [0, 0.1) is 5.92 Å². The van der Waals surface area contributed by atoms with Gasteiger partial charge in [0, 0.05) is 12.6 Å². The zero-order valence-electron chi connectivity index (χ0n) is 10.8. The number of nitrogens with one attached hydrogen (secondary N) is 1. The topological polar surface area (TPSA) is 64.3 Å². The highest BCUT2D eigenvalue weighted by atomic mass is 35.5. The van der Waals surface area contributed by atoms with Crippen LogP contribution in [0.1, 0.15) is 19.3 Å². The van der Waals surface area contributed by atoms with Crippen LogP contribution in [0.15, 0.2) is 24.3 Å². The number of carbonyl (C=O) groups excluding carboxylic acids is 1. The summed E-state index contributed by atoms with van der Waals surface area (Å²) >= 11 is 5.95. The molecule has 1 fully saturated rings. The fraction of sp³-hybridized carbons (Fsp3) is 0.500. The maximum atomic E-state index is 11.7. The molecule has 1 aliphatic carbocycles. The average Bonchev–Trinajstić information content (AvgIpc) is 3.22. The van der Waals surface area contributed by atoms with Crippen molar-refractivity contribution in [1.29, 1.82) is 0 Å². The van der Waals surface area contributed by atoms with Gasteiger partial charge in [-0.05, 0) is 30.9 Å². The van der Waals surface area contributed by atoms with Crippen LogP contribution in [0.3, 0.4) is 0 Å². The Kier molecular flexibility index (Phi) is 5.05. The van der Waals surface area contributed by atoms with Gasteiger partial charge in [-0.15, -0.1) is 0 Å². The number of para-hydroxylation sites is 1. The van der Waals surface area contributed by atoms with Gasteiger partial charge in [0.15, 0.2) is 0 Å². The lowest BCUT2D eigenvalue weighted by Crippen LogP contribution is -2.42. The van der Waals surface area contributed by atoms with Crippen molar-refractivity contribution in [3.05, 3.63) is 29.3 Å². The molecule has 0 saturated heterocycles. The molecule has 5 heteroatoms. The van der Waals surface area contributed by atoms with E-state index >= 15 is 0 Å². The van der Waals surface area contributed by atoms with Gasteiger partial charge in [-0.2, -0.15) is 0 Å². The molecule has 1 amide bonds. The molecule has 3 N–H and O–H groups in total. The summed E-state index contributed by atoms with van der Waals surface area (Å²) in [5, 5.41) is 3.51. The molecule has 19 heavy (non-hydrogen) atoms. The number of hydrogen-bond donors (Lipinski definition) is 2. The fourth-order valence-electron chi connectivity index (χ4n) is 1.96.